The first-order valence-corrected chi connectivity index (χ1v) is 7.87. The summed E-state index contributed by atoms with van der Waals surface area (Å²) in [6, 6.07) is 13.8. The fourth-order valence-electron chi connectivity index (χ4n) is 1.72. The van der Waals surface area contributed by atoms with E-state index in [4.69, 9.17) is 0 Å². The molecule has 2 aromatic carbocycles. The van der Waals surface area contributed by atoms with E-state index in [0.717, 1.165) is 0 Å². The van der Waals surface area contributed by atoms with Crippen molar-refractivity contribution in [2.75, 3.05) is 0 Å². The highest BCUT2D eigenvalue weighted by Crippen LogP contribution is 2.11. The highest BCUT2D eigenvalue weighted by molar-refractivity contribution is 7.89. The lowest BCUT2D eigenvalue weighted by Gasteiger charge is -2.09. The van der Waals surface area contributed by atoms with Crippen molar-refractivity contribution >= 4 is 21.7 Å². The first-order chi connectivity index (χ1) is 10.4. The lowest BCUT2D eigenvalue weighted by Crippen LogP contribution is -2.41. The van der Waals surface area contributed by atoms with Crippen LogP contribution in [0.3, 0.4) is 0 Å². The molecule has 0 radical (unpaired) electrons. The molecule has 0 spiro atoms. The standard InChI is InChI=1S/C15H14N2O4S/c1-11(18)13-8-5-9-14(10-13)22(20,21)17-16-15(19)12-6-3-2-4-7-12/h2-10,17H,1H3,(H,16,19). The Morgan fingerprint density at radius 2 is 1.55 bits per heavy atom. The molecule has 2 aromatic rings. The van der Waals surface area contributed by atoms with Gasteiger partial charge in [0, 0.05) is 11.1 Å². The number of nitrogens with one attached hydrogen (secondary N) is 2. The Kier molecular flexibility index (Phi) is 4.69. The number of amides is 1. The number of carbonyl (C=O) groups excluding carboxylic acids is 2. The SMILES string of the molecule is CC(=O)c1cccc(S(=O)(=O)NNC(=O)c2ccccc2)c1. The monoisotopic (exact) mass is 318 g/mol. The number of ketones is 1. The molecule has 0 fully saturated rings. The summed E-state index contributed by atoms with van der Waals surface area (Å²) >= 11 is 0. The minimum atomic E-state index is -3.95. The maximum atomic E-state index is 12.1. The normalized spacial score (nSPS) is 11.0. The Hall–Kier alpha value is -2.51. The van der Waals surface area contributed by atoms with Gasteiger partial charge in [-0.25, -0.2) is 8.42 Å². The zero-order valence-electron chi connectivity index (χ0n) is 11.7. The van der Waals surface area contributed by atoms with Crippen LogP contribution in [0.15, 0.2) is 59.5 Å². The lowest BCUT2D eigenvalue weighted by molar-refractivity contribution is 0.0944. The number of Topliss-reactive ketones (excluding diaryl/α,β-unsaturated/α-hetero) is 1. The second-order valence-corrected chi connectivity index (χ2v) is 6.19. The fraction of sp³-hybridized carbons (Fsp3) is 0.0667. The van der Waals surface area contributed by atoms with Crippen molar-refractivity contribution in [1.29, 1.82) is 0 Å². The van der Waals surface area contributed by atoms with Crippen molar-refractivity contribution < 1.29 is 18.0 Å². The first-order valence-electron chi connectivity index (χ1n) is 6.38. The van der Waals surface area contributed by atoms with Gasteiger partial charge < -0.3 is 0 Å². The van der Waals surface area contributed by atoms with Gasteiger partial charge in [0.25, 0.3) is 15.9 Å². The number of benzene rings is 2. The molecule has 2 N–H and O–H groups in total. The van der Waals surface area contributed by atoms with E-state index in [2.05, 4.69) is 5.43 Å². The van der Waals surface area contributed by atoms with Gasteiger partial charge in [-0.3, -0.25) is 15.0 Å². The summed E-state index contributed by atoms with van der Waals surface area (Å²) in [6.45, 7) is 1.34. The molecule has 7 heteroatoms. The van der Waals surface area contributed by atoms with Crippen LogP contribution in [0.1, 0.15) is 27.6 Å². The van der Waals surface area contributed by atoms with Crippen LogP contribution in [0.25, 0.3) is 0 Å². The number of rotatable bonds is 5. The van der Waals surface area contributed by atoms with Gasteiger partial charge in [0.2, 0.25) is 0 Å². The number of carbonyl (C=O) groups is 2. The molecule has 0 aliphatic heterocycles. The third kappa shape index (κ3) is 3.78. The molecular formula is C15H14N2O4S. The van der Waals surface area contributed by atoms with Gasteiger partial charge >= 0.3 is 0 Å². The van der Waals surface area contributed by atoms with Crippen molar-refractivity contribution in [3.05, 3.63) is 65.7 Å². The van der Waals surface area contributed by atoms with Gasteiger partial charge in [0.1, 0.15) is 0 Å². The molecule has 0 bridgehead atoms. The molecule has 22 heavy (non-hydrogen) atoms. The van der Waals surface area contributed by atoms with Crippen LogP contribution in [0.2, 0.25) is 0 Å². The number of hydrazine groups is 1. The van der Waals surface area contributed by atoms with Crippen LogP contribution in [0, 0.1) is 0 Å². The molecule has 0 aliphatic rings. The smallest absolute Gasteiger partial charge is 0.266 e. The summed E-state index contributed by atoms with van der Waals surface area (Å²) in [7, 11) is -3.95. The highest BCUT2D eigenvalue weighted by Gasteiger charge is 2.16. The molecule has 1 amide bonds. The average Bonchev–Trinajstić information content (AvgIpc) is 2.53. The van der Waals surface area contributed by atoms with E-state index in [1.54, 1.807) is 30.3 Å². The molecule has 0 heterocycles. The van der Waals surface area contributed by atoms with Crippen molar-refractivity contribution in [2.45, 2.75) is 11.8 Å². The highest BCUT2D eigenvalue weighted by atomic mass is 32.2. The predicted molar refractivity (Wildman–Crippen MR) is 80.7 cm³/mol. The summed E-state index contributed by atoms with van der Waals surface area (Å²) in [6.07, 6.45) is 0. The summed E-state index contributed by atoms with van der Waals surface area (Å²) in [5.74, 6) is -0.822. The molecule has 2 rings (SSSR count). The third-order valence-corrected chi connectivity index (χ3v) is 4.13. The molecule has 0 atom stereocenters. The summed E-state index contributed by atoms with van der Waals surface area (Å²) in [5.41, 5.74) is 2.72. The third-order valence-electron chi connectivity index (χ3n) is 2.89. The fourth-order valence-corrected chi connectivity index (χ4v) is 2.60. The van der Waals surface area contributed by atoms with E-state index < -0.39 is 15.9 Å². The Labute approximate surface area is 128 Å². The minimum absolute atomic E-state index is 0.103. The van der Waals surface area contributed by atoms with Gasteiger partial charge in [-0.05, 0) is 31.2 Å². The number of hydrogen-bond donors (Lipinski definition) is 2. The van der Waals surface area contributed by atoms with Crippen molar-refractivity contribution in [3.8, 4) is 0 Å². The number of hydrogen-bond acceptors (Lipinski definition) is 4. The molecule has 0 saturated heterocycles. The molecule has 114 valence electrons. The zero-order chi connectivity index (χ0) is 16.2. The van der Waals surface area contributed by atoms with Crippen LogP contribution >= 0.6 is 0 Å². The Morgan fingerprint density at radius 1 is 0.909 bits per heavy atom. The van der Waals surface area contributed by atoms with Crippen LogP contribution < -0.4 is 10.3 Å². The Morgan fingerprint density at radius 3 is 2.18 bits per heavy atom. The first kappa shape index (κ1) is 15.9. The maximum absolute atomic E-state index is 12.1. The second kappa shape index (κ2) is 6.50. The maximum Gasteiger partial charge on any atom is 0.266 e. The molecular weight excluding hydrogens is 304 g/mol. The lowest BCUT2D eigenvalue weighted by atomic mass is 10.2. The quantitative estimate of drug-likeness (QED) is 0.645. The molecule has 0 aromatic heterocycles. The van der Waals surface area contributed by atoms with E-state index in [1.165, 1.54) is 31.2 Å². The Balaban J connectivity index is 2.13. The van der Waals surface area contributed by atoms with E-state index >= 15 is 0 Å². The van der Waals surface area contributed by atoms with E-state index in [0.29, 0.717) is 5.56 Å². The summed E-state index contributed by atoms with van der Waals surface area (Å²) in [5, 5.41) is 0. The van der Waals surface area contributed by atoms with Crippen molar-refractivity contribution in [1.82, 2.24) is 10.3 Å². The van der Waals surface area contributed by atoms with Gasteiger partial charge in [-0.1, -0.05) is 30.3 Å². The van der Waals surface area contributed by atoms with Crippen LogP contribution in [0.5, 0.6) is 0 Å². The minimum Gasteiger partial charge on any atom is -0.295 e. The Bertz CT molecular complexity index is 801. The number of sulfonamides is 1. The van der Waals surface area contributed by atoms with Crippen LogP contribution in [-0.4, -0.2) is 20.1 Å². The van der Waals surface area contributed by atoms with E-state index in [-0.39, 0.29) is 16.2 Å². The van der Waals surface area contributed by atoms with Crippen molar-refractivity contribution in [3.63, 3.8) is 0 Å². The predicted octanol–water partition coefficient (Wildman–Crippen LogP) is 1.51. The molecule has 0 unspecified atom stereocenters. The van der Waals surface area contributed by atoms with Crippen LogP contribution in [-0.2, 0) is 10.0 Å². The van der Waals surface area contributed by atoms with E-state index in [1.807, 2.05) is 4.83 Å². The van der Waals surface area contributed by atoms with Crippen molar-refractivity contribution in [2.24, 2.45) is 0 Å². The second-order valence-electron chi connectivity index (χ2n) is 4.51. The van der Waals surface area contributed by atoms with Crippen LogP contribution in [0.4, 0.5) is 0 Å². The molecule has 0 aliphatic carbocycles. The largest absolute Gasteiger partial charge is 0.295 e. The zero-order valence-corrected chi connectivity index (χ0v) is 12.6. The van der Waals surface area contributed by atoms with Gasteiger partial charge in [0.15, 0.2) is 5.78 Å². The summed E-state index contributed by atoms with van der Waals surface area (Å²) < 4.78 is 24.2. The average molecular weight is 318 g/mol. The topological polar surface area (TPSA) is 92.3 Å². The molecule has 0 saturated carbocycles. The van der Waals surface area contributed by atoms with Gasteiger partial charge in [0.05, 0.1) is 4.90 Å². The molecule has 6 nitrogen and oxygen atoms in total. The van der Waals surface area contributed by atoms with Gasteiger partial charge in [-0.15, -0.1) is 4.83 Å². The van der Waals surface area contributed by atoms with Gasteiger partial charge in [-0.2, -0.15) is 0 Å². The summed E-state index contributed by atoms with van der Waals surface area (Å²) in [4.78, 5) is 25.0. The van der Waals surface area contributed by atoms with E-state index in [9.17, 15) is 18.0 Å².